The van der Waals surface area contributed by atoms with Crippen molar-refractivity contribution >= 4 is 17.9 Å². The fourth-order valence-corrected chi connectivity index (χ4v) is 4.11. The molecule has 2 unspecified atom stereocenters. The van der Waals surface area contributed by atoms with Gasteiger partial charge < -0.3 is 20.3 Å². The van der Waals surface area contributed by atoms with Gasteiger partial charge in [0.2, 0.25) is 11.8 Å². The van der Waals surface area contributed by atoms with E-state index >= 15 is 0 Å². The Morgan fingerprint density at radius 3 is 2.05 bits per heavy atom. The van der Waals surface area contributed by atoms with Crippen LogP contribution in [0.3, 0.4) is 0 Å². The van der Waals surface area contributed by atoms with Crippen LogP contribution >= 0.6 is 0 Å². The Morgan fingerprint density at radius 1 is 0.973 bits per heavy atom. The molecule has 1 aromatic rings. The van der Waals surface area contributed by atoms with E-state index in [0.29, 0.717) is 19.4 Å². The molecule has 3 amide bonds. The number of unbranched alkanes of at least 4 members (excludes halogenated alkanes) is 2. The molecule has 210 valence electrons. The first-order chi connectivity index (χ1) is 17.1. The lowest BCUT2D eigenvalue weighted by atomic mass is 9.90. The van der Waals surface area contributed by atoms with Crippen LogP contribution in [-0.2, 0) is 14.3 Å². The van der Waals surface area contributed by atoms with Gasteiger partial charge in [-0.25, -0.2) is 4.79 Å². The Bertz CT molecular complexity index is 872. The number of amides is 3. The van der Waals surface area contributed by atoms with Gasteiger partial charge in [-0.15, -0.1) is 0 Å². The summed E-state index contributed by atoms with van der Waals surface area (Å²) in [6.45, 7) is 20.0. The van der Waals surface area contributed by atoms with Crippen LogP contribution in [0.15, 0.2) is 24.3 Å². The van der Waals surface area contributed by atoms with Gasteiger partial charge in [0.05, 0.1) is 0 Å². The minimum Gasteiger partial charge on any atom is -0.444 e. The predicted molar refractivity (Wildman–Crippen MR) is 150 cm³/mol. The molecule has 1 aromatic carbocycles. The molecule has 2 atom stereocenters. The summed E-state index contributed by atoms with van der Waals surface area (Å²) in [7, 11) is 0. The summed E-state index contributed by atoms with van der Waals surface area (Å²) in [5.74, 6) is -0.368. The minimum atomic E-state index is -0.834. The number of hydrogen-bond donors (Lipinski definition) is 2. The van der Waals surface area contributed by atoms with Gasteiger partial charge in [0.25, 0.3) is 0 Å². The quantitative estimate of drug-likeness (QED) is 0.301. The number of aryl methyl sites for hydroxylation is 1. The molecular weight excluding hydrogens is 466 g/mol. The lowest BCUT2D eigenvalue weighted by Crippen LogP contribution is -2.59. The van der Waals surface area contributed by atoms with E-state index in [-0.39, 0.29) is 17.7 Å². The van der Waals surface area contributed by atoms with Crippen molar-refractivity contribution in [3.8, 4) is 0 Å². The number of rotatable bonds is 13. The second-order valence-electron chi connectivity index (χ2n) is 12.0. The van der Waals surface area contributed by atoms with E-state index in [9.17, 15) is 14.4 Å². The normalized spacial score (nSPS) is 13.6. The molecule has 7 heteroatoms. The van der Waals surface area contributed by atoms with Gasteiger partial charge in [-0.05, 0) is 72.3 Å². The molecule has 0 heterocycles. The van der Waals surface area contributed by atoms with Crippen molar-refractivity contribution in [3.05, 3.63) is 35.4 Å². The Labute approximate surface area is 225 Å². The van der Waals surface area contributed by atoms with Gasteiger partial charge in [-0.3, -0.25) is 9.59 Å². The van der Waals surface area contributed by atoms with E-state index in [1.54, 1.807) is 25.7 Å². The zero-order chi connectivity index (χ0) is 28.4. The Balaban J connectivity index is 3.54. The van der Waals surface area contributed by atoms with Gasteiger partial charge in [0.15, 0.2) is 0 Å². The molecule has 0 saturated heterocycles. The lowest BCUT2D eigenvalue weighted by molar-refractivity contribution is -0.149. The van der Waals surface area contributed by atoms with E-state index in [1.165, 1.54) is 0 Å². The Morgan fingerprint density at radius 2 is 1.57 bits per heavy atom. The van der Waals surface area contributed by atoms with Crippen LogP contribution in [0.5, 0.6) is 0 Å². The molecule has 0 radical (unpaired) electrons. The Hall–Kier alpha value is -2.57. The molecular formula is C30H51N3O4. The summed E-state index contributed by atoms with van der Waals surface area (Å²) in [4.78, 5) is 42.5. The molecule has 0 aromatic heterocycles. The minimum absolute atomic E-state index is 0.135. The van der Waals surface area contributed by atoms with E-state index in [0.717, 1.165) is 30.4 Å². The number of hydrogen-bond acceptors (Lipinski definition) is 4. The van der Waals surface area contributed by atoms with Crippen molar-refractivity contribution in [2.45, 2.75) is 125 Å². The van der Waals surface area contributed by atoms with Crippen molar-refractivity contribution in [1.29, 1.82) is 0 Å². The molecule has 2 N–H and O–H groups in total. The number of carbonyl (C=O) groups excluding carboxylic acids is 3. The third-order valence-electron chi connectivity index (χ3n) is 6.43. The molecule has 0 spiro atoms. The first-order valence-corrected chi connectivity index (χ1v) is 13.8. The smallest absolute Gasteiger partial charge is 0.408 e. The van der Waals surface area contributed by atoms with Crippen LogP contribution in [0.25, 0.3) is 0 Å². The highest BCUT2D eigenvalue weighted by Crippen LogP contribution is 2.33. The highest BCUT2D eigenvalue weighted by atomic mass is 16.6. The molecule has 37 heavy (non-hydrogen) atoms. The molecule has 0 aliphatic carbocycles. The molecule has 0 aliphatic rings. The topological polar surface area (TPSA) is 87.7 Å². The third-order valence-corrected chi connectivity index (χ3v) is 6.43. The summed E-state index contributed by atoms with van der Waals surface area (Å²) < 4.78 is 5.47. The SMILES string of the molecule is CCCCCNC(=O)C(c1ccc(C)cc1)N(C(=O)C(CC(C)C)NC(=O)OC(C)(C)C)C(C)(C)CC. The highest BCUT2D eigenvalue weighted by molar-refractivity contribution is 5.92. The van der Waals surface area contributed by atoms with Gasteiger partial charge >= 0.3 is 6.09 Å². The summed E-state index contributed by atoms with van der Waals surface area (Å²) in [6, 6.07) is 6.08. The van der Waals surface area contributed by atoms with Crippen molar-refractivity contribution in [3.63, 3.8) is 0 Å². The van der Waals surface area contributed by atoms with Crippen molar-refractivity contribution < 1.29 is 19.1 Å². The number of alkyl carbamates (subject to hydrolysis) is 1. The average molecular weight is 518 g/mol. The number of nitrogens with one attached hydrogen (secondary N) is 2. The van der Waals surface area contributed by atoms with E-state index in [2.05, 4.69) is 17.6 Å². The first kappa shape index (κ1) is 32.5. The van der Waals surface area contributed by atoms with Crippen LogP contribution in [0, 0.1) is 12.8 Å². The maximum absolute atomic E-state index is 14.3. The molecule has 0 bridgehead atoms. The number of carbonyl (C=O) groups is 3. The van der Waals surface area contributed by atoms with E-state index in [1.807, 2.05) is 65.8 Å². The molecule has 7 nitrogen and oxygen atoms in total. The average Bonchev–Trinajstić information content (AvgIpc) is 2.78. The van der Waals surface area contributed by atoms with Crippen LogP contribution in [0.4, 0.5) is 4.79 Å². The largest absolute Gasteiger partial charge is 0.444 e. The van der Waals surface area contributed by atoms with Crippen LogP contribution in [0.2, 0.25) is 0 Å². The zero-order valence-electron chi connectivity index (χ0n) is 24.9. The summed E-state index contributed by atoms with van der Waals surface area (Å²) in [5, 5.41) is 5.88. The molecule has 1 rings (SSSR count). The summed E-state index contributed by atoms with van der Waals surface area (Å²) in [6.07, 6.45) is 3.37. The third kappa shape index (κ3) is 10.7. The zero-order valence-corrected chi connectivity index (χ0v) is 24.9. The fraction of sp³-hybridized carbons (Fsp3) is 0.700. The van der Waals surface area contributed by atoms with Gasteiger partial charge in [0.1, 0.15) is 17.7 Å². The van der Waals surface area contributed by atoms with Crippen molar-refractivity contribution in [2.24, 2.45) is 5.92 Å². The summed E-state index contributed by atoms with van der Waals surface area (Å²) >= 11 is 0. The van der Waals surface area contributed by atoms with Gasteiger partial charge in [-0.2, -0.15) is 0 Å². The highest BCUT2D eigenvalue weighted by Gasteiger charge is 2.43. The number of benzene rings is 1. The van der Waals surface area contributed by atoms with Crippen LogP contribution in [0.1, 0.15) is 112 Å². The predicted octanol–water partition coefficient (Wildman–Crippen LogP) is 6.30. The number of ether oxygens (including phenoxy) is 1. The standard InChI is InChI=1S/C30H51N3O4/c1-11-13-14-19-31-26(34)25(23-17-15-22(5)16-18-23)33(30(9,10)12-2)27(35)24(20-21(3)4)32-28(36)37-29(6,7)8/h15-18,21,24-25H,11-14,19-20H2,1-10H3,(H,31,34)(H,32,36). The maximum Gasteiger partial charge on any atom is 0.408 e. The maximum atomic E-state index is 14.3. The summed E-state index contributed by atoms with van der Waals surface area (Å²) in [5.41, 5.74) is 0.468. The fourth-order valence-electron chi connectivity index (χ4n) is 4.11. The second kappa shape index (κ2) is 14.4. The molecule has 0 saturated carbocycles. The first-order valence-electron chi connectivity index (χ1n) is 13.8. The van der Waals surface area contributed by atoms with Gasteiger partial charge in [-0.1, -0.05) is 70.4 Å². The van der Waals surface area contributed by atoms with Gasteiger partial charge in [0, 0.05) is 12.1 Å². The number of nitrogens with zero attached hydrogens (tertiary/aromatic N) is 1. The van der Waals surface area contributed by atoms with Crippen molar-refractivity contribution in [2.75, 3.05) is 6.54 Å². The monoisotopic (exact) mass is 517 g/mol. The van der Waals surface area contributed by atoms with E-state index in [4.69, 9.17) is 4.74 Å². The van der Waals surface area contributed by atoms with E-state index < -0.39 is 29.3 Å². The van der Waals surface area contributed by atoms with Crippen LogP contribution in [-0.4, -0.2) is 46.5 Å². The second-order valence-corrected chi connectivity index (χ2v) is 12.0. The van der Waals surface area contributed by atoms with Crippen LogP contribution < -0.4 is 10.6 Å². The molecule has 0 aliphatic heterocycles. The Kier molecular flexibility index (Phi) is 12.6. The van der Waals surface area contributed by atoms with Crippen molar-refractivity contribution in [1.82, 2.24) is 15.5 Å². The lowest BCUT2D eigenvalue weighted by Gasteiger charge is -2.44. The molecule has 0 fully saturated rings.